The van der Waals surface area contributed by atoms with Crippen LogP contribution >= 0.6 is 0 Å². The normalized spacial score (nSPS) is 12.0. The highest BCUT2D eigenvalue weighted by Crippen LogP contribution is 2.32. The summed E-state index contributed by atoms with van der Waals surface area (Å²) in [6, 6.07) is 21.2. The van der Waals surface area contributed by atoms with Crippen molar-refractivity contribution < 1.29 is 22.7 Å². The molecule has 0 heterocycles. The Labute approximate surface area is 201 Å². The van der Waals surface area contributed by atoms with Gasteiger partial charge in [0.05, 0.1) is 24.8 Å². The summed E-state index contributed by atoms with van der Waals surface area (Å²) in [5, 5.41) is 2.87. The highest BCUT2D eigenvalue weighted by atomic mass is 32.2. The molecule has 1 amide bonds. The van der Waals surface area contributed by atoms with E-state index in [9.17, 15) is 13.2 Å². The molecule has 0 radical (unpaired) electrons. The van der Waals surface area contributed by atoms with E-state index in [1.165, 1.54) is 32.4 Å². The maximum atomic E-state index is 13.6. The fraction of sp³-hybridized carbons (Fsp3) is 0.269. The molecule has 0 saturated carbocycles. The monoisotopic (exact) mass is 482 g/mol. The smallest absolute Gasteiger partial charge is 0.264 e. The number of carbonyl (C=O) groups excluding carboxylic acids is 1. The molecule has 0 aromatic heterocycles. The van der Waals surface area contributed by atoms with Crippen molar-refractivity contribution >= 4 is 21.6 Å². The Kier molecular flexibility index (Phi) is 8.17. The van der Waals surface area contributed by atoms with Crippen molar-refractivity contribution in [2.45, 2.75) is 24.7 Å². The first kappa shape index (κ1) is 25.1. The summed E-state index contributed by atoms with van der Waals surface area (Å²) in [7, 11) is -1.16. The average molecular weight is 483 g/mol. The standard InChI is InChI=1S/C26H30N2O5S/c1-19-10-12-22(13-11-19)28(18-26(29)27-17-20(2)21-8-6-5-7-9-21)34(30,31)23-14-15-24(32-3)25(16-23)33-4/h5-16,20H,17-18H2,1-4H3,(H,27,29)/t20-/m1/s1. The van der Waals surface area contributed by atoms with Crippen LogP contribution in [0.5, 0.6) is 11.5 Å². The average Bonchev–Trinajstić information content (AvgIpc) is 2.86. The van der Waals surface area contributed by atoms with E-state index in [1.54, 1.807) is 12.1 Å². The van der Waals surface area contributed by atoms with E-state index >= 15 is 0 Å². The Bertz CT molecular complexity index is 1210. The van der Waals surface area contributed by atoms with E-state index in [4.69, 9.17) is 9.47 Å². The summed E-state index contributed by atoms with van der Waals surface area (Å²) in [6.07, 6.45) is 0. The molecule has 8 heteroatoms. The number of hydrogen-bond donors (Lipinski definition) is 1. The summed E-state index contributed by atoms with van der Waals surface area (Å²) in [4.78, 5) is 12.9. The first-order chi connectivity index (χ1) is 16.3. The fourth-order valence-corrected chi connectivity index (χ4v) is 4.92. The van der Waals surface area contributed by atoms with Gasteiger partial charge in [-0.1, -0.05) is 55.0 Å². The van der Waals surface area contributed by atoms with Crippen molar-refractivity contribution in [3.8, 4) is 11.5 Å². The zero-order valence-corrected chi connectivity index (χ0v) is 20.6. The number of nitrogens with zero attached hydrogens (tertiary/aromatic N) is 1. The molecule has 1 N–H and O–H groups in total. The number of rotatable bonds is 10. The SMILES string of the molecule is COc1ccc(S(=O)(=O)N(CC(=O)NC[C@@H](C)c2ccccc2)c2ccc(C)cc2)cc1OC. The maximum absolute atomic E-state index is 13.6. The topological polar surface area (TPSA) is 84.9 Å². The first-order valence-corrected chi connectivity index (χ1v) is 12.3. The molecule has 0 fully saturated rings. The summed E-state index contributed by atoms with van der Waals surface area (Å²) in [5.74, 6) is 0.386. The van der Waals surface area contributed by atoms with Crippen molar-refractivity contribution in [1.29, 1.82) is 0 Å². The van der Waals surface area contributed by atoms with Crippen LogP contribution in [0.15, 0.2) is 77.7 Å². The second kappa shape index (κ2) is 11.1. The number of nitrogens with one attached hydrogen (secondary N) is 1. The van der Waals surface area contributed by atoms with Gasteiger partial charge in [0.25, 0.3) is 10.0 Å². The van der Waals surface area contributed by atoms with Gasteiger partial charge < -0.3 is 14.8 Å². The fourth-order valence-electron chi connectivity index (χ4n) is 3.48. The van der Waals surface area contributed by atoms with Crippen molar-refractivity contribution in [3.05, 3.63) is 83.9 Å². The number of sulfonamides is 1. The van der Waals surface area contributed by atoms with Crippen LogP contribution in [0.2, 0.25) is 0 Å². The second-order valence-electron chi connectivity index (χ2n) is 7.98. The molecular formula is C26H30N2O5S. The molecule has 0 spiro atoms. The number of anilines is 1. The predicted octanol–water partition coefficient (Wildman–Crippen LogP) is 4.13. The van der Waals surface area contributed by atoms with Crippen LogP contribution in [0, 0.1) is 6.92 Å². The Hall–Kier alpha value is -3.52. The highest BCUT2D eigenvalue weighted by molar-refractivity contribution is 7.92. The third kappa shape index (κ3) is 5.88. The largest absolute Gasteiger partial charge is 0.493 e. The Morgan fingerprint density at radius 3 is 2.21 bits per heavy atom. The van der Waals surface area contributed by atoms with Crippen LogP contribution in [0.4, 0.5) is 5.69 Å². The number of carbonyl (C=O) groups is 1. The van der Waals surface area contributed by atoms with Crippen molar-refractivity contribution in [3.63, 3.8) is 0 Å². The lowest BCUT2D eigenvalue weighted by Crippen LogP contribution is -2.41. The van der Waals surface area contributed by atoms with Crippen LogP contribution in [0.1, 0.15) is 24.0 Å². The van der Waals surface area contributed by atoms with Crippen LogP contribution in [-0.2, 0) is 14.8 Å². The molecule has 3 aromatic rings. The van der Waals surface area contributed by atoms with E-state index in [-0.39, 0.29) is 23.1 Å². The van der Waals surface area contributed by atoms with Gasteiger partial charge in [-0.2, -0.15) is 0 Å². The van der Waals surface area contributed by atoms with Gasteiger partial charge in [0.15, 0.2) is 11.5 Å². The molecule has 34 heavy (non-hydrogen) atoms. The lowest BCUT2D eigenvalue weighted by Gasteiger charge is -2.25. The van der Waals surface area contributed by atoms with E-state index in [2.05, 4.69) is 5.32 Å². The number of ether oxygens (including phenoxy) is 2. The summed E-state index contributed by atoms with van der Waals surface area (Å²) >= 11 is 0. The molecule has 3 aromatic carbocycles. The zero-order valence-electron chi connectivity index (χ0n) is 19.8. The zero-order chi connectivity index (χ0) is 24.7. The molecule has 0 saturated heterocycles. The summed E-state index contributed by atoms with van der Waals surface area (Å²) in [5.41, 5.74) is 2.47. The molecule has 7 nitrogen and oxygen atoms in total. The van der Waals surface area contributed by atoms with Crippen LogP contribution in [0.25, 0.3) is 0 Å². The summed E-state index contributed by atoms with van der Waals surface area (Å²) < 4.78 is 38.9. The molecule has 0 aliphatic carbocycles. The van der Waals surface area contributed by atoms with E-state index in [0.717, 1.165) is 15.4 Å². The highest BCUT2D eigenvalue weighted by Gasteiger charge is 2.28. The van der Waals surface area contributed by atoms with Gasteiger partial charge in [0, 0.05) is 12.6 Å². The lowest BCUT2D eigenvalue weighted by atomic mass is 10.0. The van der Waals surface area contributed by atoms with Gasteiger partial charge in [-0.3, -0.25) is 9.10 Å². The van der Waals surface area contributed by atoms with Gasteiger partial charge in [0.2, 0.25) is 5.91 Å². The van der Waals surface area contributed by atoms with Gasteiger partial charge in [-0.15, -0.1) is 0 Å². The Morgan fingerprint density at radius 2 is 1.59 bits per heavy atom. The minimum absolute atomic E-state index is 0.00354. The van der Waals surface area contributed by atoms with E-state index in [1.807, 2.05) is 56.3 Å². The quantitative estimate of drug-likeness (QED) is 0.470. The maximum Gasteiger partial charge on any atom is 0.264 e. The molecule has 1 atom stereocenters. The lowest BCUT2D eigenvalue weighted by molar-refractivity contribution is -0.119. The number of benzene rings is 3. The molecule has 0 aliphatic heterocycles. The van der Waals surface area contributed by atoms with Gasteiger partial charge in [0.1, 0.15) is 6.54 Å². The molecule has 0 aliphatic rings. The van der Waals surface area contributed by atoms with Crippen molar-refractivity contribution in [1.82, 2.24) is 5.32 Å². The van der Waals surface area contributed by atoms with Crippen molar-refractivity contribution in [2.24, 2.45) is 0 Å². The predicted molar refractivity (Wildman–Crippen MR) is 133 cm³/mol. The molecule has 3 rings (SSSR count). The van der Waals surface area contributed by atoms with Crippen LogP contribution in [0.3, 0.4) is 0 Å². The van der Waals surface area contributed by atoms with Gasteiger partial charge in [-0.05, 0) is 42.7 Å². The number of methoxy groups -OCH3 is 2. The van der Waals surface area contributed by atoms with Crippen LogP contribution < -0.4 is 19.1 Å². The minimum Gasteiger partial charge on any atom is -0.493 e. The van der Waals surface area contributed by atoms with Crippen LogP contribution in [-0.4, -0.2) is 41.6 Å². The third-order valence-electron chi connectivity index (χ3n) is 5.53. The number of hydrogen-bond acceptors (Lipinski definition) is 5. The molecule has 0 bridgehead atoms. The van der Waals surface area contributed by atoms with E-state index < -0.39 is 15.9 Å². The van der Waals surface area contributed by atoms with E-state index in [0.29, 0.717) is 18.0 Å². The molecule has 180 valence electrons. The van der Waals surface area contributed by atoms with Gasteiger partial charge >= 0.3 is 0 Å². The Morgan fingerprint density at radius 1 is 0.941 bits per heavy atom. The molecular weight excluding hydrogens is 452 g/mol. The van der Waals surface area contributed by atoms with Crippen molar-refractivity contribution in [2.75, 3.05) is 31.6 Å². The third-order valence-corrected chi connectivity index (χ3v) is 7.30. The summed E-state index contributed by atoms with van der Waals surface area (Å²) in [6.45, 7) is 3.95. The number of aryl methyl sites for hydroxylation is 1. The Balaban J connectivity index is 1.87. The second-order valence-corrected chi connectivity index (χ2v) is 9.84. The molecule has 0 unspecified atom stereocenters. The number of amides is 1. The van der Waals surface area contributed by atoms with Gasteiger partial charge in [-0.25, -0.2) is 8.42 Å². The first-order valence-electron chi connectivity index (χ1n) is 10.9. The minimum atomic E-state index is -4.07.